The Labute approximate surface area is 264 Å². The van der Waals surface area contributed by atoms with Crippen molar-refractivity contribution in [3.63, 3.8) is 0 Å². The predicted octanol–water partition coefficient (Wildman–Crippen LogP) is 5.94. The van der Waals surface area contributed by atoms with Gasteiger partial charge in [0.2, 0.25) is 0 Å². The lowest BCUT2D eigenvalue weighted by atomic mass is 10.0. The van der Waals surface area contributed by atoms with Gasteiger partial charge in [-0.1, -0.05) is 70.8 Å². The van der Waals surface area contributed by atoms with Crippen molar-refractivity contribution in [2.75, 3.05) is 18.9 Å². The molecule has 10 heteroatoms. The summed E-state index contributed by atoms with van der Waals surface area (Å²) >= 11 is 0. The molecule has 248 valence electrons. The second-order valence-electron chi connectivity index (χ2n) is 12.1. The predicted molar refractivity (Wildman–Crippen MR) is 177 cm³/mol. The minimum atomic E-state index is -0.760. The zero-order chi connectivity index (χ0) is 32.3. The monoisotopic (exact) mass is 614 g/mol. The zero-order valence-corrected chi connectivity index (χ0v) is 27.9. The molecule has 1 aliphatic heterocycles. The van der Waals surface area contributed by atoms with Crippen LogP contribution in [0.5, 0.6) is 0 Å². The molecule has 3 heterocycles. The van der Waals surface area contributed by atoms with Gasteiger partial charge < -0.3 is 26.2 Å². The number of aryl methyl sites for hydroxylation is 4. The lowest BCUT2D eigenvalue weighted by molar-refractivity contribution is -0.140. The molecule has 0 saturated carbocycles. The summed E-state index contributed by atoms with van der Waals surface area (Å²) in [6, 6.07) is 3.51. The largest absolute Gasteiger partial charge is 0.480 e. The smallest absolute Gasteiger partial charge is 0.320 e. The number of aliphatic carboxylic acids is 2. The van der Waals surface area contributed by atoms with E-state index >= 15 is 0 Å². The van der Waals surface area contributed by atoms with E-state index in [4.69, 9.17) is 10.1 Å². The summed E-state index contributed by atoms with van der Waals surface area (Å²) in [6.07, 6.45) is 16.1. The van der Waals surface area contributed by atoms with Crippen LogP contribution in [-0.2, 0) is 36.0 Å². The third kappa shape index (κ3) is 13.3. The normalized spacial score (nSPS) is 13.8. The van der Waals surface area contributed by atoms with Gasteiger partial charge in [-0.3, -0.25) is 14.3 Å². The molecule has 0 aromatic carbocycles. The maximum absolute atomic E-state index is 11.3. The maximum Gasteiger partial charge on any atom is 0.320 e. The molecule has 2 atom stereocenters. The molecule has 0 radical (unpaired) electrons. The Morgan fingerprint density at radius 3 is 2.20 bits per heavy atom. The second kappa shape index (κ2) is 20.9. The van der Waals surface area contributed by atoms with Crippen molar-refractivity contribution in [1.29, 1.82) is 0 Å². The number of hydrogen-bond donors (Lipinski definition) is 5. The highest BCUT2D eigenvalue weighted by Gasteiger charge is 2.18. The van der Waals surface area contributed by atoms with Gasteiger partial charge in [0.25, 0.3) is 0 Å². The van der Waals surface area contributed by atoms with Crippen molar-refractivity contribution in [3.8, 4) is 0 Å². The standard InChI is InChI=1S/C18H29N3O2.C16H29N3O2/c1-19-16(18(22)23)10-6-4-2-3-5-9-15-12-11-14-8-7-13-20-17(14)21-15;1-5-6-7-8-9-10-15(16(20)21)17-11-14-12(2)18-19(4)13(14)3/h11-12,16,19H,2-10,13H2,1H3,(H,20,21)(H,22,23);15,17H,5-11H2,1-4H3,(H,20,21)/t16-;15-/m00/s1. The molecule has 44 heavy (non-hydrogen) atoms. The van der Waals surface area contributed by atoms with Crippen molar-refractivity contribution >= 4 is 17.8 Å². The molecule has 0 amide bonds. The second-order valence-corrected chi connectivity index (χ2v) is 12.1. The van der Waals surface area contributed by atoms with Gasteiger partial charge in [0.05, 0.1) is 5.69 Å². The number of fused-ring (bicyclic) bond motifs is 1. The number of rotatable bonds is 20. The average molecular weight is 615 g/mol. The minimum Gasteiger partial charge on any atom is -0.480 e. The quantitative estimate of drug-likeness (QED) is 0.115. The Balaban J connectivity index is 0.000000308. The Bertz CT molecular complexity index is 1140. The highest BCUT2D eigenvalue weighted by atomic mass is 16.4. The molecule has 0 unspecified atom stereocenters. The summed E-state index contributed by atoms with van der Waals surface area (Å²) < 4.78 is 1.84. The van der Waals surface area contributed by atoms with Crippen LogP contribution in [0.1, 0.15) is 119 Å². The van der Waals surface area contributed by atoms with E-state index in [0.29, 0.717) is 19.4 Å². The molecular formula is C34H58N6O4. The van der Waals surface area contributed by atoms with Crippen molar-refractivity contribution in [2.24, 2.45) is 7.05 Å². The van der Waals surface area contributed by atoms with E-state index in [9.17, 15) is 14.7 Å². The number of nitrogens with one attached hydrogen (secondary N) is 3. The molecule has 2 aromatic rings. The zero-order valence-electron chi connectivity index (χ0n) is 27.9. The molecule has 10 nitrogen and oxygen atoms in total. The van der Waals surface area contributed by atoms with Crippen LogP contribution >= 0.6 is 0 Å². The molecular weight excluding hydrogens is 556 g/mol. The van der Waals surface area contributed by atoms with Crippen LogP contribution in [0.15, 0.2) is 12.1 Å². The number of carbonyl (C=O) groups is 2. The topological polar surface area (TPSA) is 141 Å². The van der Waals surface area contributed by atoms with E-state index in [1.54, 1.807) is 7.05 Å². The third-order valence-electron chi connectivity index (χ3n) is 8.60. The number of anilines is 1. The van der Waals surface area contributed by atoms with Crippen molar-refractivity contribution in [1.82, 2.24) is 25.4 Å². The van der Waals surface area contributed by atoms with Crippen molar-refractivity contribution in [2.45, 2.75) is 136 Å². The van der Waals surface area contributed by atoms with Gasteiger partial charge in [-0.15, -0.1) is 0 Å². The molecule has 0 fully saturated rings. The van der Waals surface area contributed by atoms with Crippen LogP contribution in [0.3, 0.4) is 0 Å². The number of carboxylic acid groups (broad SMARTS) is 2. The first-order valence-electron chi connectivity index (χ1n) is 16.8. The fourth-order valence-corrected chi connectivity index (χ4v) is 5.65. The fourth-order valence-electron chi connectivity index (χ4n) is 5.65. The van der Waals surface area contributed by atoms with Gasteiger partial charge in [-0.05, 0) is 71.0 Å². The SMILES string of the molecule is CCCCCCC[C@H](NCc1c(C)nn(C)c1C)C(=O)O.CN[C@@H](CCCCCCCc1ccc2c(n1)NCCC2)C(=O)O. The third-order valence-corrected chi connectivity index (χ3v) is 8.60. The first-order chi connectivity index (χ1) is 21.2. The Morgan fingerprint density at radius 2 is 1.59 bits per heavy atom. The number of likely N-dealkylation sites (N-methyl/N-ethyl adjacent to an activating group) is 1. The van der Waals surface area contributed by atoms with Gasteiger partial charge in [-0.2, -0.15) is 5.10 Å². The fraction of sp³-hybridized carbons (Fsp3) is 0.706. The van der Waals surface area contributed by atoms with E-state index in [2.05, 4.69) is 40.1 Å². The van der Waals surface area contributed by atoms with Crippen LogP contribution in [0.2, 0.25) is 0 Å². The Kier molecular flexibility index (Phi) is 17.7. The van der Waals surface area contributed by atoms with Gasteiger partial charge in [-0.25, -0.2) is 4.98 Å². The van der Waals surface area contributed by atoms with Crippen molar-refractivity contribution in [3.05, 3.63) is 40.3 Å². The van der Waals surface area contributed by atoms with Crippen LogP contribution < -0.4 is 16.0 Å². The Hall–Kier alpha value is -2.98. The molecule has 0 saturated heterocycles. The molecule has 0 bridgehead atoms. The highest BCUT2D eigenvalue weighted by Crippen LogP contribution is 2.20. The number of pyridine rings is 1. The Morgan fingerprint density at radius 1 is 0.955 bits per heavy atom. The summed E-state index contributed by atoms with van der Waals surface area (Å²) in [5.41, 5.74) is 5.69. The van der Waals surface area contributed by atoms with Crippen LogP contribution in [-0.4, -0.2) is 62.6 Å². The minimum absolute atomic E-state index is 0.401. The van der Waals surface area contributed by atoms with Gasteiger partial charge in [0, 0.05) is 37.1 Å². The number of carboxylic acids is 2. The van der Waals surface area contributed by atoms with Gasteiger partial charge >= 0.3 is 11.9 Å². The number of hydrogen-bond acceptors (Lipinski definition) is 7. The first kappa shape index (κ1) is 37.2. The highest BCUT2D eigenvalue weighted by molar-refractivity contribution is 5.73. The van der Waals surface area contributed by atoms with Crippen LogP contribution in [0.25, 0.3) is 0 Å². The lowest BCUT2D eigenvalue weighted by Gasteiger charge is -2.17. The van der Waals surface area contributed by atoms with E-state index < -0.39 is 24.0 Å². The number of nitrogens with zero attached hydrogens (tertiary/aromatic N) is 3. The summed E-state index contributed by atoms with van der Waals surface area (Å²) in [5, 5.41) is 32.0. The van der Waals surface area contributed by atoms with E-state index in [1.807, 2.05) is 25.6 Å². The number of unbranched alkanes of at least 4 members (excludes halogenated alkanes) is 8. The molecule has 1 aliphatic rings. The van der Waals surface area contributed by atoms with Crippen LogP contribution in [0, 0.1) is 13.8 Å². The maximum atomic E-state index is 11.3. The summed E-state index contributed by atoms with van der Waals surface area (Å²) in [7, 11) is 3.62. The molecule has 2 aromatic heterocycles. The summed E-state index contributed by atoms with van der Waals surface area (Å²) in [6.45, 7) is 7.76. The molecule has 5 N–H and O–H groups in total. The summed E-state index contributed by atoms with van der Waals surface area (Å²) in [4.78, 5) is 26.9. The van der Waals surface area contributed by atoms with Crippen LogP contribution in [0.4, 0.5) is 5.82 Å². The number of aromatic nitrogens is 3. The molecule has 0 spiro atoms. The summed E-state index contributed by atoms with van der Waals surface area (Å²) in [5.74, 6) is -0.426. The lowest BCUT2D eigenvalue weighted by Crippen LogP contribution is -2.36. The van der Waals surface area contributed by atoms with E-state index in [1.165, 1.54) is 49.8 Å². The average Bonchev–Trinajstić information content (AvgIpc) is 3.25. The molecule has 0 aliphatic carbocycles. The van der Waals surface area contributed by atoms with Gasteiger partial charge in [0.1, 0.15) is 17.9 Å². The first-order valence-corrected chi connectivity index (χ1v) is 16.8. The van der Waals surface area contributed by atoms with E-state index in [0.717, 1.165) is 74.3 Å². The van der Waals surface area contributed by atoms with Crippen molar-refractivity contribution < 1.29 is 19.8 Å². The van der Waals surface area contributed by atoms with Gasteiger partial charge in [0.15, 0.2) is 0 Å². The van der Waals surface area contributed by atoms with E-state index in [-0.39, 0.29) is 0 Å². The molecule has 3 rings (SSSR count).